The number of likely N-dealkylation sites (tertiary alicyclic amines) is 1. The lowest BCUT2D eigenvalue weighted by Crippen LogP contribution is -2.55. The smallest absolute Gasteiger partial charge is 0.260 e. The van der Waals surface area contributed by atoms with Crippen molar-refractivity contribution in [1.82, 2.24) is 15.5 Å². The summed E-state index contributed by atoms with van der Waals surface area (Å²) in [6.45, 7) is 8.50. The van der Waals surface area contributed by atoms with Gasteiger partial charge in [0.25, 0.3) is 5.91 Å². The van der Waals surface area contributed by atoms with Gasteiger partial charge in [-0.25, -0.2) is 0 Å². The molecule has 0 saturated carbocycles. The molecule has 1 fully saturated rings. The Morgan fingerprint density at radius 2 is 2.03 bits per heavy atom. The van der Waals surface area contributed by atoms with Crippen LogP contribution in [0.1, 0.15) is 45.6 Å². The van der Waals surface area contributed by atoms with Gasteiger partial charge in [0.1, 0.15) is 11.8 Å². The molecule has 1 heterocycles. The van der Waals surface area contributed by atoms with Gasteiger partial charge in [0.2, 0.25) is 11.8 Å². The third-order valence-corrected chi connectivity index (χ3v) is 4.87. The lowest BCUT2D eigenvalue weighted by molar-refractivity contribution is -0.136. The zero-order chi connectivity index (χ0) is 21.4. The lowest BCUT2D eigenvalue weighted by atomic mass is 10.0. The number of amides is 3. The number of benzene rings is 1. The summed E-state index contributed by atoms with van der Waals surface area (Å²) in [4.78, 5) is 38.4. The van der Waals surface area contributed by atoms with Gasteiger partial charge in [-0.05, 0) is 49.8 Å². The molecule has 0 aromatic heterocycles. The number of carbonyl (C=O) groups excluding carboxylic acids is 3. The molecule has 1 aromatic carbocycles. The summed E-state index contributed by atoms with van der Waals surface area (Å²) < 4.78 is 5.62. The zero-order valence-electron chi connectivity index (χ0n) is 17.9. The summed E-state index contributed by atoms with van der Waals surface area (Å²) >= 11 is 0. The average molecular weight is 404 g/mol. The highest BCUT2D eigenvalue weighted by Gasteiger charge is 2.28. The molecule has 29 heavy (non-hydrogen) atoms. The minimum absolute atomic E-state index is 0.0218. The van der Waals surface area contributed by atoms with Crippen LogP contribution in [0.5, 0.6) is 5.75 Å². The van der Waals surface area contributed by atoms with Gasteiger partial charge in [0.15, 0.2) is 6.61 Å². The molecule has 0 bridgehead atoms. The average Bonchev–Trinajstić information content (AvgIpc) is 2.65. The SMILES string of the molecule is CC(=O)NC(CC(C)C)C(=O)N[C@H]1CCCN(C(=O)COc2cccc(C)c2)C1. The maximum atomic E-state index is 12.6. The Hall–Kier alpha value is -2.57. The van der Waals surface area contributed by atoms with Crippen molar-refractivity contribution in [2.24, 2.45) is 5.92 Å². The molecule has 3 amide bonds. The van der Waals surface area contributed by atoms with E-state index in [9.17, 15) is 14.4 Å². The van der Waals surface area contributed by atoms with Crippen LogP contribution in [0.4, 0.5) is 0 Å². The Morgan fingerprint density at radius 1 is 1.28 bits per heavy atom. The fourth-order valence-corrected chi connectivity index (χ4v) is 3.51. The van der Waals surface area contributed by atoms with E-state index in [1.807, 2.05) is 45.0 Å². The topological polar surface area (TPSA) is 87.7 Å². The largest absolute Gasteiger partial charge is 0.484 e. The summed E-state index contributed by atoms with van der Waals surface area (Å²) in [5.74, 6) is 0.447. The van der Waals surface area contributed by atoms with E-state index in [0.29, 0.717) is 25.3 Å². The van der Waals surface area contributed by atoms with E-state index in [2.05, 4.69) is 10.6 Å². The first-order valence-corrected chi connectivity index (χ1v) is 10.3. The first kappa shape index (κ1) is 22.7. The van der Waals surface area contributed by atoms with E-state index in [1.165, 1.54) is 6.92 Å². The van der Waals surface area contributed by atoms with Crippen LogP contribution in [-0.4, -0.2) is 54.4 Å². The number of hydrogen-bond acceptors (Lipinski definition) is 4. The van der Waals surface area contributed by atoms with Crippen LogP contribution >= 0.6 is 0 Å². The minimum atomic E-state index is -0.553. The minimum Gasteiger partial charge on any atom is -0.484 e. The summed E-state index contributed by atoms with van der Waals surface area (Å²) in [5, 5.41) is 5.73. The third kappa shape index (κ3) is 7.75. The molecule has 160 valence electrons. The molecule has 1 aromatic rings. The normalized spacial score (nSPS) is 17.6. The first-order chi connectivity index (χ1) is 13.7. The van der Waals surface area contributed by atoms with E-state index in [-0.39, 0.29) is 36.3 Å². The number of piperidine rings is 1. The third-order valence-electron chi connectivity index (χ3n) is 4.87. The van der Waals surface area contributed by atoms with Crippen LogP contribution in [0.15, 0.2) is 24.3 Å². The molecule has 7 heteroatoms. The van der Waals surface area contributed by atoms with Crippen molar-refractivity contribution in [3.05, 3.63) is 29.8 Å². The summed E-state index contributed by atoms with van der Waals surface area (Å²) in [6.07, 6.45) is 2.20. The fraction of sp³-hybridized carbons (Fsp3) is 0.591. The van der Waals surface area contributed by atoms with Crippen LogP contribution in [0.2, 0.25) is 0 Å². The predicted molar refractivity (Wildman–Crippen MR) is 111 cm³/mol. The van der Waals surface area contributed by atoms with E-state index >= 15 is 0 Å². The van der Waals surface area contributed by atoms with Crippen molar-refractivity contribution in [3.8, 4) is 5.75 Å². The van der Waals surface area contributed by atoms with Gasteiger partial charge in [-0.15, -0.1) is 0 Å². The molecular weight excluding hydrogens is 370 g/mol. The van der Waals surface area contributed by atoms with Gasteiger partial charge in [0, 0.05) is 26.1 Å². The monoisotopic (exact) mass is 403 g/mol. The summed E-state index contributed by atoms with van der Waals surface area (Å²) in [5.41, 5.74) is 1.07. The molecule has 2 N–H and O–H groups in total. The molecule has 2 rings (SSSR count). The van der Waals surface area contributed by atoms with Crippen molar-refractivity contribution in [2.75, 3.05) is 19.7 Å². The van der Waals surface area contributed by atoms with Gasteiger partial charge in [-0.2, -0.15) is 0 Å². The Labute approximate surface area is 173 Å². The molecule has 1 aliphatic rings. The summed E-state index contributed by atoms with van der Waals surface area (Å²) in [6, 6.07) is 6.91. The molecular formula is C22H33N3O4. The highest BCUT2D eigenvalue weighted by molar-refractivity contribution is 5.87. The highest BCUT2D eigenvalue weighted by atomic mass is 16.5. The van der Waals surface area contributed by atoms with Gasteiger partial charge < -0.3 is 20.3 Å². The van der Waals surface area contributed by atoms with E-state index in [1.54, 1.807) is 4.90 Å². The Balaban J connectivity index is 1.87. The van der Waals surface area contributed by atoms with Crippen LogP contribution in [-0.2, 0) is 14.4 Å². The predicted octanol–water partition coefficient (Wildman–Crippen LogP) is 2.03. The van der Waals surface area contributed by atoms with Crippen LogP contribution in [0.3, 0.4) is 0 Å². The quantitative estimate of drug-likeness (QED) is 0.695. The second-order valence-electron chi connectivity index (χ2n) is 8.18. The standard InChI is InChI=1S/C22H33N3O4/c1-15(2)11-20(23-17(4)26)22(28)24-18-8-6-10-25(13-18)21(27)14-29-19-9-5-7-16(3)12-19/h5,7,9,12,15,18,20H,6,8,10-11,13-14H2,1-4H3,(H,23,26)(H,24,28)/t18-,20?/m0/s1. The van der Waals surface area contributed by atoms with Crippen molar-refractivity contribution in [3.63, 3.8) is 0 Å². The zero-order valence-corrected chi connectivity index (χ0v) is 17.9. The van der Waals surface area contributed by atoms with Crippen molar-refractivity contribution < 1.29 is 19.1 Å². The summed E-state index contributed by atoms with van der Waals surface area (Å²) in [7, 11) is 0. The number of carbonyl (C=O) groups is 3. The molecule has 1 unspecified atom stereocenters. The van der Waals surface area contributed by atoms with Crippen LogP contribution < -0.4 is 15.4 Å². The first-order valence-electron chi connectivity index (χ1n) is 10.3. The number of ether oxygens (including phenoxy) is 1. The highest BCUT2D eigenvalue weighted by Crippen LogP contribution is 2.15. The number of hydrogen-bond donors (Lipinski definition) is 2. The molecule has 1 saturated heterocycles. The second kappa shape index (κ2) is 10.8. The van der Waals surface area contributed by atoms with E-state index in [0.717, 1.165) is 18.4 Å². The maximum absolute atomic E-state index is 12.6. The fourth-order valence-electron chi connectivity index (χ4n) is 3.51. The number of nitrogens with zero attached hydrogens (tertiary/aromatic N) is 1. The molecule has 0 spiro atoms. The molecule has 7 nitrogen and oxygen atoms in total. The molecule has 1 aliphatic heterocycles. The molecule has 0 radical (unpaired) electrons. The van der Waals surface area contributed by atoms with Crippen LogP contribution in [0, 0.1) is 12.8 Å². The Kier molecular flexibility index (Phi) is 8.49. The lowest BCUT2D eigenvalue weighted by Gasteiger charge is -2.34. The Morgan fingerprint density at radius 3 is 2.69 bits per heavy atom. The van der Waals surface area contributed by atoms with Crippen molar-refractivity contribution >= 4 is 17.7 Å². The Bertz CT molecular complexity index is 720. The van der Waals surface area contributed by atoms with Crippen molar-refractivity contribution in [1.29, 1.82) is 0 Å². The van der Waals surface area contributed by atoms with Crippen molar-refractivity contribution in [2.45, 2.75) is 59.0 Å². The number of rotatable bonds is 8. The maximum Gasteiger partial charge on any atom is 0.260 e. The van der Waals surface area contributed by atoms with E-state index < -0.39 is 6.04 Å². The van der Waals surface area contributed by atoms with E-state index in [4.69, 9.17) is 4.74 Å². The molecule has 2 atom stereocenters. The van der Waals surface area contributed by atoms with Gasteiger partial charge in [0.05, 0.1) is 0 Å². The van der Waals surface area contributed by atoms with Gasteiger partial charge in [-0.3, -0.25) is 14.4 Å². The van der Waals surface area contributed by atoms with Gasteiger partial charge in [-0.1, -0.05) is 26.0 Å². The van der Waals surface area contributed by atoms with Gasteiger partial charge >= 0.3 is 0 Å². The number of aryl methyl sites for hydroxylation is 1. The number of nitrogens with one attached hydrogen (secondary N) is 2. The van der Waals surface area contributed by atoms with Crippen LogP contribution in [0.25, 0.3) is 0 Å². The molecule has 0 aliphatic carbocycles. The second-order valence-corrected chi connectivity index (χ2v) is 8.18.